The maximum Gasteiger partial charge on any atom is 0.251 e. The molecule has 0 unspecified atom stereocenters. The van der Waals surface area contributed by atoms with Gasteiger partial charge in [0, 0.05) is 54.3 Å². The summed E-state index contributed by atoms with van der Waals surface area (Å²) in [6, 6.07) is 7.86. The Morgan fingerprint density at radius 1 is 1.45 bits per heavy atom. The van der Waals surface area contributed by atoms with Gasteiger partial charge in [0.1, 0.15) is 0 Å². The Balaban J connectivity index is 1.50. The molecule has 0 radical (unpaired) electrons. The summed E-state index contributed by atoms with van der Waals surface area (Å²) in [4.78, 5) is 15.7. The van der Waals surface area contributed by atoms with Crippen molar-refractivity contribution in [2.75, 3.05) is 20.3 Å². The van der Waals surface area contributed by atoms with Crippen LogP contribution in [0.4, 0.5) is 0 Å². The first-order chi connectivity index (χ1) is 10.8. The molecule has 0 spiro atoms. The third-order valence-electron chi connectivity index (χ3n) is 5.00. The molecule has 1 aromatic heterocycles. The Morgan fingerprint density at radius 2 is 2.36 bits per heavy atom. The third kappa shape index (κ3) is 2.12. The third-order valence-corrected chi connectivity index (χ3v) is 5.00. The Morgan fingerprint density at radius 3 is 3.23 bits per heavy atom. The quantitative estimate of drug-likeness (QED) is 0.907. The van der Waals surface area contributed by atoms with E-state index in [9.17, 15) is 4.79 Å². The summed E-state index contributed by atoms with van der Waals surface area (Å²) in [5.74, 6) is 0.678. The fraction of sp³-hybridized carbons (Fsp3) is 0.471. The predicted molar refractivity (Wildman–Crippen MR) is 82.8 cm³/mol. The lowest BCUT2D eigenvalue weighted by Crippen LogP contribution is -2.62. The van der Waals surface area contributed by atoms with Gasteiger partial charge in [-0.25, -0.2) is 0 Å². The fourth-order valence-electron chi connectivity index (χ4n) is 3.86. The van der Waals surface area contributed by atoms with Crippen LogP contribution in [0.25, 0.3) is 10.9 Å². The van der Waals surface area contributed by atoms with Crippen molar-refractivity contribution in [3.63, 3.8) is 0 Å². The molecule has 2 N–H and O–H groups in total. The Labute approximate surface area is 129 Å². The lowest BCUT2D eigenvalue weighted by atomic mass is 9.67. The van der Waals surface area contributed by atoms with Crippen molar-refractivity contribution in [1.29, 1.82) is 0 Å². The Hall–Kier alpha value is -1.85. The van der Waals surface area contributed by atoms with Crippen molar-refractivity contribution >= 4 is 16.8 Å². The average molecular weight is 300 g/mol. The maximum atomic E-state index is 12.5. The molecule has 4 rings (SSSR count). The van der Waals surface area contributed by atoms with E-state index in [4.69, 9.17) is 9.47 Å². The molecule has 5 nitrogen and oxygen atoms in total. The second-order valence-electron chi connectivity index (χ2n) is 6.19. The number of aromatic nitrogens is 1. The van der Waals surface area contributed by atoms with E-state index in [-0.39, 0.29) is 24.0 Å². The number of carbonyl (C=O) groups excluding carboxylic acids is 1. The number of aromatic amines is 1. The summed E-state index contributed by atoms with van der Waals surface area (Å²) in [5, 5.41) is 4.24. The lowest BCUT2D eigenvalue weighted by molar-refractivity contribution is -0.0809. The molecule has 5 heteroatoms. The Kier molecular flexibility index (Phi) is 3.39. The zero-order valence-electron chi connectivity index (χ0n) is 12.5. The molecule has 2 aromatic rings. The van der Waals surface area contributed by atoms with Gasteiger partial charge in [-0.2, -0.15) is 0 Å². The Bertz CT molecular complexity index is 696. The van der Waals surface area contributed by atoms with Gasteiger partial charge in [-0.05, 0) is 30.7 Å². The predicted octanol–water partition coefficient (Wildman–Crippen LogP) is 1.95. The highest BCUT2D eigenvalue weighted by Crippen LogP contribution is 2.43. The summed E-state index contributed by atoms with van der Waals surface area (Å²) in [5.41, 5.74) is 1.74. The first-order valence-corrected chi connectivity index (χ1v) is 7.76. The van der Waals surface area contributed by atoms with Gasteiger partial charge in [0.2, 0.25) is 0 Å². The molecule has 1 saturated carbocycles. The van der Waals surface area contributed by atoms with Crippen molar-refractivity contribution in [3.8, 4) is 0 Å². The molecule has 2 fully saturated rings. The van der Waals surface area contributed by atoms with E-state index in [2.05, 4.69) is 10.3 Å². The smallest absolute Gasteiger partial charge is 0.251 e. The summed E-state index contributed by atoms with van der Waals surface area (Å²) >= 11 is 0. The number of hydrogen-bond acceptors (Lipinski definition) is 3. The van der Waals surface area contributed by atoms with E-state index in [0.29, 0.717) is 18.1 Å². The van der Waals surface area contributed by atoms with E-state index in [1.165, 1.54) is 0 Å². The molecular formula is C17H20N2O3. The van der Waals surface area contributed by atoms with Crippen LogP contribution in [-0.4, -0.2) is 43.4 Å². The van der Waals surface area contributed by atoms with Gasteiger partial charge in [-0.1, -0.05) is 0 Å². The minimum Gasteiger partial charge on any atom is -0.384 e. The van der Waals surface area contributed by atoms with Crippen LogP contribution >= 0.6 is 0 Å². The van der Waals surface area contributed by atoms with E-state index in [1.54, 1.807) is 7.11 Å². The van der Waals surface area contributed by atoms with Crippen LogP contribution in [0.3, 0.4) is 0 Å². The van der Waals surface area contributed by atoms with Gasteiger partial charge < -0.3 is 19.8 Å². The first-order valence-electron chi connectivity index (χ1n) is 7.76. The van der Waals surface area contributed by atoms with Crippen molar-refractivity contribution < 1.29 is 14.3 Å². The summed E-state index contributed by atoms with van der Waals surface area (Å²) in [7, 11) is 1.70. The van der Waals surface area contributed by atoms with Gasteiger partial charge in [0.05, 0.1) is 12.7 Å². The van der Waals surface area contributed by atoms with Crippen molar-refractivity contribution in [1.82, 2.24) is 10.3 Å². The highest BCUT2D eigenvalue weighted by Gasteiger charge is 2.54. The summed E-state index contributed by atoms with van der Waals surface area (Å²) in [6.45, 7) is 1.42. The molecule has 1 aliphatic carbocycles. The average Bonchev–Trinajstić information content (AvgIpc) is 3.16. The standard InChI is InChI=1S/C17H20N2O3/c1-21-9-13-15(12-5-7-22-16(12)13)19-17(20)11-2-3-14-10(8-11)4-6-18-14/h2-4,6,8,12-13,15-16,18H,5,7,9H2,1H3,(H,19,20)/t12-,13+,15-,16-/m1/s1. The number of ether oxygens (including phenoxy) is 2. The minimum atomic E-state index is -0.0143. The van der Waals surface area contributed by atoms with Gasteiger partial charge in [-0.3, -0.25) is 4.79 Å². The molecule has 0 bridgehead atoms. The maximum absolute atomic E-state index is 12.5. The van der Waals surface area contributed by atoms with E-state index < -0.39 is 0 Å². The number of nitrogens with one attached hydrogen (secondary N) is 2. The van der Waals surface area contributed by atoms with Crippen molar-refractivity contribution in [2.24, 2.45) is 11.8 Å². The SMILES string of the molecule is COC[C@H]1[C@H](NC(=O)c2ccc3[nH]ccc3c2)[C@H]2CCO[C@H]21. The highest BCUT2D eigenvalue weighted by molar-refractivity contribution is 5.98. The summed E-state index contributed by atoms with van der Waals surface area (Å²) < 4.78 is 11.0. The monoisotopic (exact) mass is 300 g/mol. The van der Waals surface area contributed by atoms with Crippen molar-refractivity contribution in [3.05, 3.63) is 36.0 Å². The van der Waals surface area contributed by atoms with Crippen LogP contribution in [-0.2, 0) is 9.47 Å². The number of amides is 1. The summed E-state index contributed by atoms with van der Waals surface area (Å²) in [6.07, 6.45) is 3.15. The highest BCUT2D eigenvalue weighted by atomic mass is 16.5. The number of carbonyl (C=O) groups is 1. The van der Waals surface area contributed by atoms with E-state index >= 15 is 0 Å². The molecule has 1 saturated heterocycles. The van der Waals surface area contributed by atoms with E-state index in [0.717, 1.165) is 23.9 Å². The number of hydrogen-bond donors (Lipinski definition) is 2. The molecule has 2 aliphatic rings. The van der Waals surface area contributed by atoms with Crippen LogP contribution in [0.2, 0.25) is 0 Å². The lowest BCUT2D eigenvalue weighted by Gasteiger charge is -2.47. The van der Waals surface area contributed by atoms with E-state index in [1.807, 2.05) is 30.5 Å². The fourth-order valence-corrected chi connectivity index (χ4v) is 3.86. The zero-order chi connectivity index (χ0) is 15.1. The number of methoxy groups -OCH3 is 1. The number of H-pyrrole nitrogens is 1. The first kappa shape index (κ1) is 13.8. The zero-order valence-corrected chi connectivity index (χ0v) is 12.5. The minimum absolute atomic E-state index is 0.0143. The molecule has 1 aromatic carbocycles. The molecular weight excluding hydrogens is 280 g/mol. The largest absolute Gasteiger partial charge is 0.384 e. The molecule has 116 valence electrons. The molecule has 1 aliphatic heterocycles. The van der Waals surface area contributed by atoms with Gasteiger partial charge in [-0.15, -0.1) is 0 Å². The van der Waals surface area contributed by atoms with Crippen LogP contribution < -0.4 is 5.32 Å². The second-order valence-corrected chi connectivity index (χ2v) is 6.19. The molecule has 22 heavy (non-hydrogen) atoms. The normalized spacial score (nSPS) is 30.0. The van der Waals surface area contributed by atoms with Crippen LogP contribution in [0, 0.1) is 11.8 Å². The van der Waals surface area contributed by atoms with Crippen LogP contribution in [0.1, 0.15) is 16.8 Å². The van der Waals surface area contributed by atoms with Crippen LogP contribution in [0.5, 0.6) is 0 Å². The van der Waals surface area contributed by atoms with Crippen LogP contribution in [0.15, 0.2) is 30.5 Å². The number of fused-ring (bicyclic) bond motifs is 2. The number of benzene rings is 1. The van der Waals surface area contributed by atoms with Crippen molar-refractivity contribution in [2.45, 2.75) is 18.6 Å². The topological polar surface area (TPSA) is 63.3 Å². The molecule has 1 amide bonds. The molecule has 4 atom stereocenters. The number of rotatable bonds is 4. The van der Waals surface area contributed by atoms with Gasteiger partial charge >= 0.3 is 0 Å². The molecule has 2 heterocycles. The second kappa shape index (κ2) is 5.41. The van der Waals surface area contributed by atoms with Gasteiger partial charge in [0.15, 0.2) is 0 Å². The van der Waals surface area contributed by atoms with Gasteiger partial charge in [0.25, 0.3) is 5.91 Å².